The quantitative estimate of drug-likeness (QED) is 0.831. The van der Waals surface area contributed by atoms with E-state index in [1.807, 2.05) is 60.7 Å². The third-order valence-electron chi connectivity index (χ3n) is 4.60. The lowest BCUT2D eigenvalue weighted by atomic mass is 10.0. The monoisotopic (exact) mass is 353 g/mol. The Morgan fingerprint density at radius 2 is 1.62 bits per heavy atom. The summed E-state index contributed by atoms with van der Waals surface area (Å²) in [6.07, 6.45) is 1.20. The van der Waals surface area contributed by atoms with Crippen LogP contribution in [0.2, 0.25) is 0 Å². The van der Waals surface area contributed by atoms with E-state index in [4.69, 9.17) is 4.74 Å². The highest BCUT2D eigenvalue weighted by molar-refractivity contribution is 5.83. The van der Waals surface area contributed by atoms with Crippen molar-refractivity contribution < 1.29 is 19.4 Å². The summed E-state index contributed by atoms with van der Waals surface area (Å²) in [5.41, 5.74) is 2.24. The number of hydrogen-bond donors (Lipinski definition) is 1. The molecule has 1 unspecified atom stereocenters. The molecule has 2 atom stereocenters. The average Bonchev–Trinajstić information content (AvgIpc) is 3.07. The second-order valence-corrected chi connectivity index (χ2v) is 6.51. The van der Waals surface area contributed by atoms with E-state index in [9.17, 15) is 14.7 Å². The van der Waals surface area contributed by atoms with Crippen molar-refractivity contribution in [3.63, 3.8) is 0 Å². The maximum atomic E-state index is 12.7. The predicted octanol–water partition coefficient (Wildman–Crippen LogP) is 2.89. The van der Waals surface area contributed by atoms with E-state index >= 15 is 0 Å². The Labute approximate surface area is 153 Å². The molecule has 0 radical (unpaired) electrons. The Balaban J connectivity index is 1.63. The van der Waals surface area contributed by atoms with Gasteiger partial charge in [-0.05, 0) is 30.4 Å². The van der Waals surface area contributed by atoms with Gasteiger partial charge in [-0.3, -0.25) is 4.79 Å². The number of hydrogen-bond acceptors (Lipinski definition) is 3. The van der Waals surface area contributed by atoms with E-state index in [0.29, 0.717) is 19.3 Å². The molecule has 1 fully saturated rings. The minimum atomic E-state index is -1.19. The van der Waals surface area contributed by atoms with Crippen molar-refractivity contribution in [3.8, 4) is 0 Å². The number of carbonyl (C=O) groups excluding carboxylic acids is 1. The largest absolute Gasteiger partial charge is 0.478 e. The molecule has 26 heavy (non-hydrogen) atoms. The first-order valence-corrected chi connectivity index (χ1v) is 8.88. The first-order valence-electron chi connectivity index (χ1n) is 8.88. The van der Waals surface area contributed by atoms with Crippen LogP contribution >= 0.6 is 0 Å². The normalized spacial score (nSPS) is 19.5. The molecule has 0 saturated carbocycles. The number of ether oxygens (including phenoxy) is 1. The number of carboxylic acids is 1. The zero-order chi connectivity index (χ0) is 18.4. The van der Waals surface area contributed by atoms with Crippen LogP contribution in [0, 0.1) is 0 Å². The number of nitrogens with zero attached hydrogens (tertiary/aromatic N) is 1. The number of amides is 1. The van der Waals surface area contributed by atoms with Crippen molar-refractivity contribution in [1.29, 1.82) is 0 Å². The maximum Gasteiger partial charge on any atom is 0.354 e. The van der Waals surface area contributed by atoms with Crippen molar-refractivity contribution in [2.75, 3.05) is 6.61 Å². The fourth-order valence-corrected chi connectivity index (χ4v) is 3.34. The van der Waals surface area contributed by atoms with Crippen LogP contribution in [-0.2, 0) is 27.2 Å². The van der Waals surface area contributed by atoms with Gasteiger partial charge in [-0.25, -0.2) is 4.79 Å². The molecule has 1 heterocycles. The van der Waals surface area contributed by atoms with Gasteiger partial charge in [-0.15, -0.1) is 0 Å². The van der Waals surface area contributed by atoms with Crippen LogP contribution in [0.1, 0.15) is 24.0 Å². The molecule has 1 N–H and O–H groups in total. The molecule has 1 saturated heterocycles. The van der Waals surface area contributed by atoms with Crippen molar-refractivity contribution in [2.24, 2.45) is 0 Å². The lowest BCUT2D eigenvalue weighted by Crippen LogP contribution is -2.46. The Kier molecular flexibility index (Phi) is 6.02. The van der Waals surface area contributed by atoms with Crippen molar-refractivity contribution in [1.82, 2.24) is 4.90 Å². The molecule has 5 nitrogen and oxygen atoms in total. The lowest BCUT2D eigenvalue weighted by Gasteiger charge is -2.26. The van der Waals surface area contributed by atoms with Gasteiger partial charge in [0.1, 0.15) is 0 Å². The van der Waals surface area contributed by atoms with Crippen molar-refractivity contribution in [3.05, 3.63) is 71.8 Å². The summed E-state index contributed by atoms with van der Waals surface area (Å²) in [7, 11) is 0. The van der Waals surface area contributed by atoms with Crippen LogP contribution in [0.4, 0.5) is 0 Å². The highest BCUT2D eigenvalue weighted by atomic mass is 16.5. The van der Waals surface area contributed by atoms with E-state index < -0.39 is 12.2 Å². The summed E-state index contributed by atoms with van der Waals surface area (Å²) in [6.45, 7) is 0.246. The molecule has 0 spiro atoms. The van der Waals surface area contributed by atoms with Gasteiger partial charge in [0.2, 0.25) is 12.1 Å². The van der Waals surface area contributed by atoms with Gasteiger partial charge in [0.25, 0.3) is 0 Å². The lowest BCUT2D eigenvalue weighted by molar-refractivity contribution is -0.161. The minimum Gasteiger partial charge on any atom is -0.478 e. The van der Waals surface area contributed by atoms with Gasteiger partial charge in [0, 0.05) is 6.42 Å². The molecule has 3 rings (SSSR count). The molecular weight excluding hydrogens is 330 g/mol. The number of rotatable bonds is 7. The number of aliphatic carboxylic acids is 1. The maximum absolute atomic E-state index is 12.7. The number of carbonyl (C=O) groups is 2. The number of carboxylic acid groups (broad SMARTS) is 1. The van der Waals surface area contributed by atoms with Gasteiger partial charge in [-0.1, -0.05) is 60.7 Å². The summed E-state index contributed by atoms with van der Waals surface area (Å²) in [6, 6.07) is 19.5. The van der Waals surface area contributed by atoms with Gasteiger partial charge in [0.05, 0.1) is 12.6 Å². The molecule has 0 bridgehead atoms. The van der Waals surface area contributed by atoms with Gasteiger partial charge in [0.15, 0.2) is 0 Å². The molecule has 5 heteroatoms. The zero-order valence-corrected chi connectivity index (χ0v) is 14.6. The Hall–Kier alpha value is -2.66. The highest BCUT2D eigenvalue weighted by Gasteiger charge is 2.41. The topological polar surface area (TPSA) is 66.8 Å². The summed E-state index contributed by atoms with van der Waals surface area (Å²) >= 11 is 0. The Morgan fingerprint density at radius 1 is 1.00 bits per heavy atom. The molecule has 2 aromatic carbocycles. The summed E-state index contributed by atoms with van der Waals surface area (Å²) in [5.74, 6) is -1.27. The second-order valence-electron chi connectivity index (χ2n) is 6.51. The van der Waals surface area contributed by atoms with E-state index in [2.05, 4.69) is 0 Å². The average molecular weight is 353 g/mol. The van der Waals surface area contributed by atoms with Gasteiger partial charge < -0.3 is 14.7 Å². The molecule has 1 amide bonds. The predicted molar refractivity (Wildman–Crippen MR) is 97.5 cm³/mol. The highest BCUT2D eigenvalue weighted by Crippen LogP contribution is 2.23. The zero-order valence-electron chi connectivity index (χ0n) is 14.6. The Bertz CT molecular complexity index is 732. The van der Waals surface area contributed by atoms with E-state index in [1.165, 1.54) is 10.5 Å². The molecule has 136 valence electrons. The molecule has 1 aliphatic heterocycles. The number of benzene rings is 2. The van der Waals surface area contributed by atoms with E-state index in [1.54, 1.807) is 0 Å². The second kappa shape index (κ2) is 8.63. The van der Waals surface area contributed by atoms with Gasteiger partial charge >= 0.3 is 5.97 Å². The summed E-state index contributed by atoms with van der Waals surface area (Å²) < 4.78 is 5.40. The third-order valence-corrected chi connectivity index (χ3v) is 4.60. The smallest absolute Gasteiger partial charge is 0.354 e. The van der Waals surface area contributed by atoms with Crippen LogP contribution in [0.3, 0.4) is 0 Å². The van der Waals surface area contributed by atoms with Gasteiger partial charge in [-0.2, -0.15) is 0 Å². The first-order chi connectivity index (χ1) is 12.6. The summed E-state index contributed by atoms with van der Waals surface area (Å²) in [5, 5.41) is 9.40. The number of aryl methyl sites for hydroxylation is 1. The van der Waals surface area contributed by atoms with Crippen LogP contribution in [0.15, 0.2) is 60.7 Å². The molecule has 2 aromatic rings. The van der Waals surface area contributed by atoms with Crippen LogP contribution in [0.25, 0.3) is 0 Å². The molecular formula is C21H23NO4. The molecule has 0 aliphatic carbocycles. The first kappa shape index (κ1) is 18.1. The van der Waals surface area contributed by atoms with Crippen molar-refractivity contribution >= 4 is 11.9 Å². The molecule has 1 aliphatic rings. The van der Waals surface area contributed by atoms with E-state index in [-0.39, 0.29) is 18.6 Å². The molecule has 0 aromatic heterocycles. The standard InChI is InChI=1S/C21H23NO4/c23-19(13-7-12-16-8-3-1-4-9-16)22-18(15-26-20(22)21(24)25)14-17-10-5-2-6-11-17/h1-6,8-11,18,20H,7,12-15H2,(H,24,25)/t18?,20-/m0/s1. The minimum absolute atomic E-state index is 0.160. The van der Waals surface area contributed by atoms with Crippen molar-refractivity contribution in [2.45, 2.75) is 38.0 Å². The van der Waals surface area contributed by atoms with Crippen LogP contribution < -0.4 is 0 Å². The fourth-order valence-electron chi connectivity index (χ4n) is 3.34. The third kappa shape index (κ3) is 4.49. The summed E-state index contributed by atoms with van der Waals surface area (Å²) in [4.78, 5) is 25.6. The Morgan fingerprint density at radius 3 is 2.23 bits per heavy atom. The van der Waals surface area contributed by atoms with E-state index in [0.717, 1.165) is 12.0 Å². The van der Waals surface area contributed by atoms with Crippen LogP contribution in [-0.4, -0.2) is 40.8 Å². The SMILES string of the molecule is O=C(O)[C@@H]1OCC(Cc2ccccc2)N1C(=O)CCCc1ccccc1. The van der Waals surface area contributed by atoms with Crippen LogP contribution in [0.5, 0.6) is 0 Å². The fraction of sp³-hybridized carbons (Fsp3) is 0.333.